The van der Waals surface area contributed by atoms with E-state index in [1.54, 1.807) is 6.07 Å². The number of hydrogen-bond acceptors (Lipinski definition) is 2. The third-order valence-corrected chi connectivity index (χ3v) is 3.10. The molecule has 0 saturated heterocycles. The minimum Gasteiger partial charge on any atom is -0.291 e. The number of ketones is 2. The van der Waals surface area contributed by atoms with Crippen LogP contribution in [0.2, 0.25) is 0 Å². The first-order valence-electron chi connectivity index (χ1n) is 3.96. The van der Waals surface area contributed by atoms with Crippen LogP contribution in [0.5, 0.6) is 0 Å². The van der Waals surface area contributed by atoms with E-state index in [9.17, 15) is 9.59 Å². The first-order valence-corrected chi connectivity index (χ1v) is 6.27. The lowest BCUT2D eigenvalue weighted by molar-refractivity contribution is -0.113. The lowest BCUT2D eigenvalue weighted by atomic mass is 10.0. The van der Waals surface area contributed by atoms with Gasteiger partial charge in [0, 0.05) is 21.4 Å². The summed E-state index contributed by atoms with van der Waals surface area (Å²) in [4.78, 5) is 22.5. The Labute approximate surface area is 104 Å². The van der Waals surface area contributed by atoms with Crippen molar-refractivity contribution in [3.63, 3.8) is 0 Å². The Morgan fingerprint density at radius 2 is 2.07 bits per heavy atom. The summed E-state index contributed by atoms with van der Waals surface area (Å²) in [5.74, 6) is -0.841. The number of rotatable bonds is 3. The highest BCUT2D eigenvalue weighted by atomic mass is 127. The molecule has 1 rings (SSSR count). The molecule has 0 N–H and O–H groups in total. The normalized spacial score (nSPS) is 9.93. The topological polar surface area (TPSA) is 34.1 Å². The summed E-state index contributed by atoms with van der Waals surface area (Å²) >= 11 is 5.45. The number of alkyl halides is 1. The predicted octanol–water partition coefficient (Wildman–Crippen LogP) is 3.16. The summed E-state index contributed by atoms with van der Waals surface area (Å²) in [5.41, 5.74) is 1.40. The fourth-order valence-corrected chi connectivity index (χ4v) is 2.09. The number of halogens is 2. The minimum atomic E-state index is -0.422. The van der Waals surface area contributed by atoms with E-state index in [2.05, 4.69) is 38.5 Å². The summed E-state index contributed by atoms with van der Waals surface area (Å²) in [6.45, 7) is 1.29. The van der Waals surface area contributed by atoms with Gasteiger partial charge in [0.1, 0.15) is 0 Å². The smallest absolute Gasteiger partial charge is 0.228 e. The van der Waals surface area contributed by atoms with E-state index in [0.717, 1.165) is 14.5 Å². The van der Waals surface area contributed by atoms with Gasteiger partial charge in [-0.3, -0.25) is 9.59 Å². The zero-order chi connectivity index (χ0) is 10.7. The average molecular weight is 367 g/mol. The number of hydrogen-bond donors (Lipinski definition) is 0. The van der Waals surface area contributed by atoms with E-state index in [0.29, 0.717) is 5.56 Å². The first-order chi connectivity index (χ1) is 6.56. The minimum absolute atomic E-state index is 0.419. The molecule has 4 heteroatoms. The molecule has 74 valence electrons. The van der Waals surface area contributed by atoms with E-state index in [4.69, 9.17) is 0 Å². The van der Waals surface area contributed by atoms with Crippen molar-refractivity contribution < 1.29 is 9.59 Å². The van der Waals surface area contributed by atoms with E-state index in [1.807, 2.05) is 12.1 Å². The molecular weight excluding hydrogens is 359 g/mol. The molecule has 0 aliphatic carbocycles. The molecule has 0 saturated carbocycles. The SMILES string of the molecule is CC(=O)C(=O)c1cc(Br)ccc1CI. The third-order valence-electron chi connectivity index (χ3n) is 1.78. The van der Waals surface area contributed by atoms with Gasteiger partial charge < -0.3 is 0 Å². The summed E-state index contributed by atoms with van der Waals surface area (Å²) in [5, 5.41) is 0. The number of benzene rings is 1. The van der Waals surface area contributed by atoms with Gasteiger partial charge >= 0.3 is 0 Å². The average Bonchev–Trinajstić information content (AvgIpc) is 2.16. The molecule has 0 fully saturated rings. The summed E-state index contributed by atoms with van der Waals surface area (Å²) < 4.78 is 1.54. The highest BCUT2D eigenvalue weighted by Crippen LogP contribution is 2.19. The summed E-state index contributed by atoms with van der Waals surface area (Å²) in [7, 11) is 0. The van der Waals surface area contributed by atoms with Crippen LogP contribution in [0.1, 0.15) is 22.8 Å². The van der Waals surface area contributed by atoms with Gasteiger partial charge in [0.2, 0.25) is 5.78 Å². The van der Waals surface area contributed by atoms with Gasteiger partial charge in [-0.2, -0.15) is 0 Å². The van der Waals surface area contributed by atoms with Crippen LogP contribution in [-0.2, 0) is 9.22 Å². The fraction of sp³-hybridized carbons (Fsp3) is 0.200. The first kappa shape index (κ1) is 11.8. The van der Waals surface area contributed by atoms with Crippen LogP contribution in [0.3, 0.4) is 0 Å². The van der Waals surface area contributed by atoms with E-state index < -0.39 is 11.6 Å². The van der Waals surface area contributed by atoms with Gasteiger partial charge in [0.05, 0.1) is 0 Å². The van der Waals surface area contributed by atoms with Gasteiger partial charge in [-0.1, -0.05) is 44.6 Å². The quantitative estimate of drug-likeness (QED) is 0.356. The van der Waals surface area contributed by atoms with Crippen LogP contribution in [0.4, 0.5) is 0 Å². The Bertz CT molecular complexity index is 388. The third kappa shape index (κ3) is 2.63. The van der Waals surface area contributed by atoms with Crippen molar-refractivity contribution in [2.24, 2.45) is 0 Å². The van der Waals surface area contributed by atoms with Crippen LogP contribution in [0.25, 0.3) is 0 Å². The molecule has 0 amide bonds. The lowest BCUT2D eigenvalue weighted by Crippen LogP contribution is -2.11. The van der Waals surface area contributed by atoms with Crippen LogP contribution in [-0.4, -0.2) is 11.6 Å². The van der Waals surface area contributed by atoms with Gasteiger partial charge in [0.15, 0.2) is 5.78 Å². The van der Waals surface area contributed by atoms with Crippen LogP contribution >= 0.6 is 38.5 Å². The van der Waals surface area contributed by atoms with E-state index in [-0.39, 0.29) is 0 Å². The summed E-state index contributed by atoms with van der Waals surface area (Å²) in [6, 6.07) is 5.41. The molecule has 14 heavy (non-hydrogen) atoms. The fourth-order valence-electron chi connectivity index (χ4n) is 1.07. The van der Waals surface area contributed by atoms with Crippen LogP contribution in [0, 0.1) is 0 Å². The molecule has 0 atom stereocenters. The van der Waals surface area contributed by atoms with Crippen molar-refractivity contribution >= 4 is 50.1 Å². The number of Topliss-reactive ketones (excluding diaryl/α,β-unsaturated/α-hetero) is 2. The van der Waals surface area contributed by atoms with E-state index >= 15 is 0 Å². The zero-order valence-electron chi connectivity index (χ0n) is 7.51. The molecule has 1 aromatic rings. The molecule has 2 nitrogen and oxygen atoms in total. The van der Waals surface area contributed by atoms with Crippen LogP contribution in [0.15, 0.2) is 22.7 Å². The Morgan fingerprint density at radius 3 is 2.57 bits per heavy atom. The highest BCUT2D eigenvalue weighted by molar-refractivity contribution is 14.1. The van der Waals surface area contributed by atoms with Crippen molar-refractivity contribution in [3.05, 3.63) is 33.8 Å². The largest absolute Gasteiger partial charge is 0.291 e. The van der Waals surface area contributed by atoms with Crippen molar-refractivity contribution in [2.75, 3.05) is 0 Å². The molecule has 0 spiro atoms. The van der Waals surface area contributed by atoms with Crippen LogP contribution < -0.4 is 0 Å². The van der Waals surface area contributed by atoms with Gasteiger partial charge in [0.25, 0.3) is 0 Å². The summed E-state index contributed by atoms with van der Waals surface area (Å²) in [6.07, 6.45) is 0. The second kappa shape index (κ2) is 5.02. The maximum atomic E-state index is 11.5. The Morgan fingerprint density at radius 1 is 1.43 bits per heavy atom. The molecule has 0 aliphatic heterocycles. The predicted molar refractivity (Wildman–Crippen MR) is 66.9 cm³/mol. The van der Waals surface area contributed by atoms with Crippen molar-refractivity contribution in [1.29, 1.82) is 0 Å². The lowest BCUT2D eigenvalue weighted by Gasteiger charge is -2.04. The second-order valence-electron chi connectivity index (χ2n) is 2.82. The molecule has 1 aromatic carbocycles. The monoisotopic (exact) mass is 366 g/mol. The van der Waals surface area contributed by atoms with Crippen molar-refractivity contribution in [1.82, 2.24) is 0 Å². The molecule has 0 aliphatic rings. The Hall–Kier alpha value is -0.230. The molecule has 0 aromatic heterocycles. The Balaban J connectivity index is 3.23. The Kier molecular flexibility index (Phi) is 4.25. The standard InChI is InChI=1S/C10H8BrIO2/c1-6(13)10(14)9-4-8(11)3-2-7(9)5-12/h2-4H,5H2,1H3. The number of carbonyl (C=O) groups excluding carboxylic acids is 2. The van der Waals surface area contributed by atoms with Crippen molar-refractivity contribution in [3.8, 4) is 0 Å². The number of carbonyl (C=O) groups is 2. The molecular formula is C10H8BrIO2. The highest BCUT2D eigenvalue weighted by Gasteiger charge is 2.15. The second-order valence-corrected chi connectivity index (χ2v) is 4.50. The molecule has 0 bridgehead atoms. The maximum Gasteiger partial charge on any atom is 0.228 e. The van der Waals surface area contributed by atoms with Gasteiger partial charge in [-0.05, 0) is 17.7 Å². The molecule has 0 radical (unpaired) electrons. The molecule has 0 unspecified atom stereocenters. The maximum absolute atomic E-state index is 11.5. The zero-order valence-corrected chi connectivity index (χ0v) is 11.3. The van der Waals surface area contributed by atoms with E-state index in [1.165, 1.54) is 6.92 Å². The van der Waals surface area contributed by atoms with Gasteiger partial charge in [-0.25, -0.2) is 0 Å². The molecule has 0 heterocycles. The van der Waals surface area contributed by atoms with Gasteiger partial charge in [-0.15, -0.1) is 0 Å². The van der Waals surface area contributed by atoms with Crippen molar-refractivity contribution in [2.45, 2.75) is 11.4 Å².